The predicted molar refractivity (Wildman–Crippen MR) is 118 cm³/mol. The Hall–Kier alpha value is -1.93. The van der Waals surface area contributed by atoms with Crippen LogP contribution in [-0.4, -0.2) is 73.6 Å². The Morgan fingerprint density at radius 2 is 1.42 bits per heavy atom. The third kappa shape index (κ3) is 4.95. The Morgan fingerprint density at radius 1 is 0.806 bits per heavy atom. The van der Waals surface area contributed by atoms with Crippen molar-refractivity contribution in [3.63, 3.8) is 0 Å². The molecule has 1 saturated carbocycles. The van der Waals surface area contributed by atoms with Gasteiger partial charge in [-0.1, -0.05) is 31.4 Å². The van der Waals surface area contributed by atoms with Gasteiger partial charge < -0.3 is 9.80 Å². The van der Waals surface area contributed by atoms with Crippen LogP contribution >= 0.6 is 0 Å². The average molecular weight is 448 g/mol. The minimum atomic E-state index is -3.69. The maximum atomic E-state index is 13.2. The van der Waals surface area contributed by atoms with Gasteiger partial charge in [0.25, 0.3) is 5.91 Å². The fourth-order valence-electron chi connectivity index (χ4n) is 5.03. The van der Waals surface area contributed by atoms with Crippen LogP contribution in [-0.2, 0) is 14.8 Å². The number of hydrogen-bond donors (Lipinski definition) is 0. The number of piperidine rings is 1. The van der Waals surface area contributed by atoms with Crippen LogP contribution in [0.5, 0.6) is 0 Å². The number of carbonyl (C=O) groups is 2. The van der Waals surface area contributed by atoms with E-state index < -0.39 is 10.0 Å². The van der Waals surface area contributed by atoms with Crippen molar-refractivity contribution in [2.45, 2.75) is 56.3 Å². The molecule has 2 amide bonds. The van der Waals surface area contributed by atoms with E-state index in [4.69, 9.17) is 0 Å². The van der Waals surface area contributed by atoms with Gasteiger partial charge in [-0.15, -0.1) is 0 Å². The van der Waals surface area contributed by atoms with Gasteiger partial charge in [0.1, 0.15) is 0 Å². The Balaban J connectivity index is 1.42. The Kier molecular flexibility index (Phi) is 6.96. The number of rotatable bonds is 5. The van der Waals surface area contributed by atoms with Crippen LogP contribution in [0.2, 0.25) is 0 Å². The summed E-state index contributed by atoms with van der Waals surface area (Å²) in [4.78, 5) is 29.5. The monoisotopic (exact) mass is 447 g/mol. The SMILES string of the molecule is O=C(CC1CCCC1)N1CCN(C(=O)c2ccccc2S(=O)(=O)N2CCCCC2)CC1. The van der Waals surface area contributed by atoms with Gasteiger partial charge in [0.2, 0.25) is 15.9 Å². The van der Waals surface area contributed by atoms with Crippen molar-refractivity contribution in [2.75, 3.05) is 39.3 Å². The molecule has 0 unspecified atom stereocenters. The molecule has 4 rings (SSSR count). The van der Waals surface area contributed by atoms with Crippen LogP contribution < -0.4 is 0 Å². The van der Waals surface area contributed by atoms with Crippen LogP contribution in [0.4, 0.5) is 0 Å². The van der Waals surface area contributed by atoms with Gasteiger partial charge in [0.05, 0.1) is 10.5 Å². The Morgan fingerprint density at radius 3 is 2.10 bits per heavy atom. The van der Waals surface area contributed by atoms with Gasteiger partial charge in [0, 0.05) is 45.7 Å². The molecule has 7 nitrogen and oxygen atoms in total. The maximum Gasteiger partial charge on any atom is 0.255 e. The van der Waals surface area contributed by atoms with Gasteiger partial charge >= 0.3 is 0 Å². The lowest BCUT2D eigenvalue weighted by Gasteiger charge is -2.35. The summed E-state index contributed by atoms with van der Waals surface area (Å²) >= 11 is 0. The quantitative estimate of drug-likeness (QED) is 0.695. The first-order valence-corrected chi connectivity index (χ1v) is 13.1. The molecule has 1 aromatic carbocycles. The van der Waals surface area contributed by atoms with E-state index in [0.717, 1.165) is 32.1 Å². The first-order chi connectivity index (χ1) is 15.0. The predicted octanol–water partition coefficient (Wildman–Crippen LogP) is 2.73. The molecular weight excluding hydrogens is 414 g/mol. The molecule has 170 valence electrons. The Bertz CT molecular complexity index is 897. The molecule has 2 aliphatic heterocycles. The van der Waals surface area contributed by atoms with Gasteiger partial charge in [-0.2, -0.15) is 4.31 Å². The first-order valence-electron chi connectivity index (χ1n) is 11.6. The second-order valence-electron chi connectivity index (χ2n) is 8.99. The molecule has 8 heteroatoms. The highest BCUT2D eigenvalue weighted by Gasteiger charge is 2.33. The van der Waals surface area contributed by atoms with Crippen molar-refractivity contribution in [3.05, 3.63) is 29.8 Å². The van der Waals surface area contributed by atoms with Gasteiger partial charge in [-0.3, -0.25) is 9.59 Å². The van der Waals surface area contributed by atoms with E-state index >= 15 is 0 Å². The molecular formula is C23H33N3O4S. The van der Waals surface area contributed by atoms with Crippen molar-refractivity contribution < 1.29 is 18.0 Å². The minimum Gasteiger partial charge on any atom is -0.339 e. The highest BCUT2D eigenvalue weighted by molar-refractivity contribution is 7.89. The van der Waals surface area contributed by atoms with Gasteiger partial charge in [-0.05, 0) is 43.7 Å². The molecule has 0 radical (unpaired) electrons. The summed E-state index contributed by atoms with van der Waals surface area (Å²) in [6.07, 6.45) is 8.10. The third-order valence-corrected chi connectivity index (χ3v) is 8.86. The molecule has 3 fully saturated rings. The molecule has 2 saturated heterocycles. The number of carbonyl (C=O) groups excluding carboxylic acids is 2. The summed E-state index contributed by atoms with van der Waals surface area (Å²) in [7, 11) is -3.69. The lowest BCUT2D eigenvalue weighted by Crippen LogP contribution is -2.51. The largest absolute Gasteiger partial charge is 0.339 e. The van der Waals surface area contributed by atoms with E-state index in [1.54, 1.807) is 29.2 Å². The zero-order valence-electron chi connectivity index (χ0n) is 18.2. The van der Waals surface area contributed by atoms with E-state index in [1.165, 1.54) is 17.1 Å². The molecule has 1 aromatic rings. The van der Waals surface area contributed by atoms with Gasteiger partial charge in [0.15, 0.2) is 0 Å². The number of nitrogens with zero attached hydrogens (tertiary/aromatic N) is 3. The zero-order valence-corrected chi connectivity index (χ0v) is 19.0. The first kappa shape index (κ1) is 22.3. The number of benzene rings is 1. The van der Waals surface area contributed by atoms with Crippen molar-refractivity contribution >= 4 is 21.8 Å². The van der Waals surface area contributed by atoms with Crippen molar-refractivity contribution in [1.82, 2.24) is 14.1 Å². The number of amides is 2. The third-order valence-electron chi connectivity index (χ3n) is 6.91. The van der Waals surface area contributed by atoms with Crippen LogP contribution in [0, 0.1) is 5.92 Å². The van der Waals surface area contributed by atoms with Crippen molar-refractivity contribution in [2.24, 2.45) is 5.92 Å². The molecule has 3 aliphatic rings. The van der Waals surface area contributed by atoms with Crippen LogP contribution in [0.15, 0.2) is 29.2 Å². The fourth-order valence-corrected chi connectivity index (χ4v) is 6.73. The van der Waals surface area contributed by atoms with E-state index in [2.05, 4.69) is 0 Å². The lowest BCUT2D eigenvalue weighted by molar-refractivity contribution is -0.133. The topological polar surface area (TPSA) is 78.0 Å². The summed E-state index contributed by atoms with van der Waals surface area (Å²) in [6, 6.07) is 6.53. The average Bonchev–Trinajstić information content (AvgIpc) is 3.32. The fraction of sp³-hybridized carbons (Fsp3) is 0.652. The van der Waals surface area contributed by atoms with Crippen molar-refractivity contribution in [1.29, 1.82) is 0 Å². The normalized spacial score (nSPS) is 21.4. The molecule has 0 aromatic heterocycles. The van der Waals surface area contributed by atoms with E-state index in [-0.39, 0.29) is 22.3 Å². The summed E-state index contributed by atoms with van der Waals surface area (Å²) in [5.41, 5.74) is 0.235. The summed E-state index contributed by atoms with van der Waals surface area (Å²) in [5, 5.41) is 0. The summed E-state index contributed by atoms with van der Waals surface area (Å²) < 4.78 is 27.9. The van der Waals surface area contributed by atoms with E-state index in [1.807, 2.05) is 4.90 Å². The second kappa shape index (κ2) is 9.69. The number of hydrogen-bond acceptors (Lipinski definition) is 4. The van der Waals surface area contributed by atoms with E-state index in [9.17, 15) is 18.0 Å². The summed E-state index contributed by atoms with van der Waals surface area (Å²) in [6.45, 7) is 2.91. The van der Waals surface area contributed by atoms with Crippen LogP contribution in [0.25, 0.3) is 0 Å². The molecule has 0 N–H and O–H groups in total. The molecule has 1 aliphatic carbocycles. The zero-order chi connectivity index (χ0) is 21.8. The number of piperazine rings is 1. The van der Waals surface area contributed by atoms with Crippen LogP contribution in [0.3, 0.4) is 0 Å². The second-order valence-corrected chi connectivity index (χ2v) is 10.9. The molecule has 0 bridgehead atoms. The Labute approximate surface area is 185 Å². The summed E-state index contributed by atoms with van der Waals surface area (Å²) in [5.74, 6) is 0.435. The molecule has 2 heterocycles. The minimum absolute atomic E-state index is 0.0987. The maximum absolute atomic E-state index is 13.2. The molecule has 0 spiro atoms. The lowest BCUT2D eigenvalue weighted by atomic mass is 10.0. The van der Waals surface area contributed by atoms with Crippen LogP contribution in [0.1, 0.15) is 61.7 Å². The standard InChI is InChI=1S/C23H33N3O4S/c27-22(18-19-8-2-3-9-19)24-14-16-25(17-15-24)23(28)20-10-4-5-11-21(20)31(29,30)26-12-6-1-7-13-26/h4-5,10-11,19H,1-3,6-9,12-18H2. The van der Waals surface area contributed by atoms with E-state index in [0.29, 0.717) is 51.6 Å². The highest BCUT2D eigenvalue weighted by atomic mass is 32.2. The highest BCUT2D eigenvalue weighted by Crippen LogP contribution is 2.28. The molecule has 31 heavy (non-hydrogen) atoms. The molecule has 0 atom stereocenters. The smallest absolute Gasteiger partial charge is 0.255 e. The van der Waals surface area contributed by atoms with Gasteiger partial charge in [-0.25, -0.2) is 8.42 Å². The van der Waals surface area contributed by atoms with Crippen molar-refractivity contribution in [3.8, 4) is 0 Å². The number of sulfonamides is 1.